The molecule has 0 aromatic carbocycles. The van der Waals surface area contributed by atoms with Crippen molar-refractivity contribution < 1.29 is 4.52 Å². The summed E-state index contributed by atoms with van der Waals surface area (Å²) in [6, 6.07) is 4.57. The third kappa shape index (κ3) is 3.07. The van der Waals surface area contributed by atoms with Crippen LogP contribution in [0.25, 0.3) is 0 Å². The standard InChI is InChI=1S/C15H20N2OS/c1-11(2)7-13-3-4-14(19-13)9-17-6-5-15-12(8-17)10-18-16-15/h3-4,10-11H,5-9H2,1-2H3. The lowest BCUT2D eigenvalue weighted by atomic mass is 10.1. The van der Waals surface area contributed by atoms with Crippen molar-refractivity contribution in [3.63, 3.8) is 0 Å². The maximum atomic E-state index is 5.04. The van der Waals surface area contributed by atoms with Crippen molar-refractivity contribution >= 4 is 11.3 Å². The predicted octanol–water partition coefficient (Wildman–Crippen LogP) is 3.49. The Bertz CT molecular complexity index is 544. The van der Waals surface area contributed by atoms with E-state index in [1.165, 1.54) is 21.7 Å². The van der Waals surface area contributed by atoms with E-state index in [4.69, 9.17) is 4.52 Å². The molecule has 3 rings (SSSR count). The van der Waals surface area contributed by atoms with E-state index >= 15 is 0 Å². The molecule has 0 bridgehead atoms. The fraction of sp³-hybridized carbons (Fsp3) is 0.533. The average Bonchev–Trinajstić information content (AvgIpc) is 2.97. The number of fused-ring (bicyclic) bond motifs is 1. The molecule has 0 aliphatic carbocycles. The van der Waals surface area contributed by atoms with Gasteiger partial charge in [0.25, 0.3) is 0 Å². The molecule has 0 fully saturated rings. The molecule has 1 aliphatic heterocycles. The summed E-state index contributed by atoms with van der Waals surface area (Å²) in [6.07, 6.45) is 4.00. The van der Waals surface area contributed by atoms with Crippen LogP contribution in [0.15, 0.2) is 22.9 Å². The quantitative estimate of drug-likeness (QED) is 0.856. The van der Waals surface area contributed by atoms with Crippen LogP contribution in [-0.2, 0) is 25.9 Å². The first-order valence-electron chi connectivity index (χ1n) is 6.93. The molecule has 19 heavy (non-hydrogen) atoms. The second-order valence-corrected chi connectivity index (χ2v) is 6.97. The van der Waals surface area contributed by atoms with Crippen molar-refractivity contribution in [2.45, 2.75) is 39.8 Å². The SMILES string of the molecule is CC(C)Cc1ccc(CN2CCc3nocc3C2)s1. The Morgan fingerprint density at radius 2 is 2.21 bits per heavy atom. The van der Waals surface area contributed by atoms with Crippen LogP contribution < -0.4 is 0 Å². The number of hydrogen-bond donors (Lipinski definition) is 0. The molecule has 0 saturated heterocycles. The van der Waals surface area contributed by atoms with Gasteiger partial charge in [0.2, 0.25) is 0 Å². The molecular weight excluding hydrogens is 256 g/mol. The number of nitrogens with zero attached hydrogens (tertiary/aromatic N) is 2. The van der Waals surface area contributed by atoms with Crippen LogP contribution in [0, 0.1) is 5.92 Å². The van der Waals surface area contributed by atoms with E-state index in [-0.39, 0.29) is 0 Å². The van der Waals surface area contributed by atoms with Gasteiger partial charge in [-0.05, 0) is 24.5 Å². The zero-order valence-corrected chi connectivity index (χ0v) is 12.4. The normalized spacial score (nSPS) is 15.9. The molecule has 0 N–H and O–H groups in total. The second kappa shape index (κ2) is 5.47. The van der Waals surface area contributed by atoms with Crippen molar-refractivity contribution in [2.75, 3.05) is 6.54 Å². The number of thiophene rings is 1. The molecule has 0 unspecified atom stereocenters. The summed E-state index contributed by atoms with van der Waals surface area (Å²) in [7, 11) is 0. The first-order valence-corrected chi connectivity index (χ1v) is 7.74. The van der Waals surface area contributed by atoms with Gasteiger partial charge in [-0.1, -0.05) is 19.0 Å². The fourth-order valence-corrected chi connectivity index (χ4v) is 3.85. The molecular formula is C15H20N2OS. The number of rotatable bonds is 4. The van der Waals surface area contributed by atoms with Gasteiger partial charge in [-0.3, -0.25) is 4.90 Å². The fourth-order valence-electron chi connectivity index (χ4n) is 2.57. The maximum Gasteiger partial charge on any atom is 0.128 e. The third-order valence-corrected chi connectivity index (χ3v) is 4.59. The topological polar surface area (TPSA) is 29.3 Å². The highest BCUT2D eigenvalue weighted by atomic mass is 32.1. The van der Waals surface area contributed by atoms with Gasteiger partial charge in [0, 0.05) is 41.4 Å². The van der Waals surface area contributed by atoms with Gasteiger partial charge >= 0.3 is 0 Å². The van der Waals surface area contributed by atoms with E-state index in [1.54, 1.807) is 6.26 Å². The van der Waals surface area contributed by atoms with Crippen LogP contribution in [0.5, 0.6) is 0 Å². The summed E-state index contributed by atoms with van der Waals surface area (Å²) in [6.45, 7) is 7.65. The number of aromatic nitrogens is 1. The van der Waals surface area contributed by atoms with E-state index in [0.29, 0.717) is 0 Å². The molecule has 2 aromatic rings. The molecule has 1 aliphatic rings. The summed E-state index contributed by atoms with van der Waals surface area (Å²) in [5.74, 6) is 0.737. The molecule has 0 spiro atoms. The largest absolute Gasteiger partial charge is 0.364 e. The predicted molar refractivity (Wildman–Crippen MR) is 77.2 cm³/mol. The van der Waals surface area contributed by atoms with Crippen LogP contribution in [0.3, 0.4) is 0 Å². The van der Waals surface area contributed by atoms with Gasteiger partial charge in [-0.25, -0.2) is 0 Å². The van der Waals surface area contributed by atoms with Crippen molar-refractivity contribution in [3.05, 3.63) is 39.4 Å². The number of hydrogen-bond acceptors (Lipinski definition) is 4. The van der Waals surface area contributed by atoms with Gasteiger partial charge in [0.15, 0.2) is 0 Å². The summed E-state index contributed by atoms with van der Waals surface area (Å²) < 4.78 is 5.04. The van der Waals surface area contributed by atoms with Crippen LogP contribution >= 0.6 is 11.3 Å². The maximum absolute atomic E-state index is 5.04. The first-order chi connectivity index (χ1) is 9.20. The Kier molecular flexibility index (Phi) is 3.71. The van der Waals surface area contributed by atoms with Crippen LogP contribution in [0.1, 0.15) is 34.9 Å². The third-order valence-electron chi connectivity index (χ3n) is 3.49. The van der Waals surface area contributed by atoms with Crippen LogP contribution in [-0.4, -0.2) is 16.6 Å². The Hall–Kier alpha value is -1.13. The molecule has 0 radical (unpaired) electrons. The summed E-state index contributed by atoms with van der Waals surface area (Å²) >= 11 is 1.96. The van der Waals surface area contributed by atoms with E-state index in [9.17, 15) is 0 Å². The van der Waals surface area contributed by atoms with E-state index in [0.717, 1.165) is 37.7 Å². The van der Waals surface area contributed by atoms with E-state index < -0.39 is 0 Å². The zero-order chi connectivity index (χ0) is 13.2. The minimum absolute atomic E-state index is 0.737. The van der Waals surface area contributed by atoms with Gasteiger partial charge < -0.3 is 4.52 Å². The van der Waals surface area contributed by atoms with Gasteiger partial charge in [-0.2, -0.15) is 0 Å². The minimum Gasteiger partial charge on any atom is -0.364 e. The lowest BCUT2D eigenvalue weighted by Gasteiger charge is -2.24. The van der Waals surface area contributed by atoms with Crippen molar-refractivity contribution in [3.8, 4) is 0 Å². The highest BCUT2D eigenvalue weighted by molar-refractivity contribution is 7.11. The van der Waals surface area contributed by atoms with E-state index in [1.807, 2.05) is 11.3 Å². The Morgan fingerprint density at radius 1 is 1.37 bits per heavy atom. The molecule has 3 nitrogen and oxygen atoms in total. The Balaban J connectivity index is 1.61. The second-order valence-electron chi connectivity index (χ2n) is 5.71. The average molecular weight is 276 g/mol. The minimum atomic E-state index is 0.737. The smallest absolute Gasteiger partial charge is 0.128 e. The lowest BCUT2D eigenvalue weighted by molar-refractivity contribution is 0.247. The highest BCUT2D eigenvalue weighted by Gasteiger charge is 2.19. The first kappa shape index (κ1) is 12.9. The van der Waals surface area contributed by atoms with Crippen molar-refractivity contribution in [2.24, 2.45) is 5.92 Å². The van der Waals surface area contributed by atoms with Gasteiger partial charge in [-0.15, -0.1) is 11.3 Å². The highest BCUT2D eigenvalue weighted by Crippen LogP contribution is 2.24. The molecule has 0 atom stereocenters. The summed E-state index contributed by atoms with van der Waals surface area (Å²) in [5.41, 5.74) is 2.40. The van der Waals surface area contributed by atoms with Gasteiger partial charge in [0.05, 0.1) is 5.69 Å². The zero-order valence-electron chi connectivity index (χ0n) is 11.6. The molecule has 0 amide bonds. The van der Waals surface area contributed by atoms with Crippen molar-refractivity contribution in [1.29, 1.82) is 0 Å². The molecule has 4 heteroatoms. The molecule has 3 heterocycles. The Labute approximate surface area is 118 Å². The summed E-state index contributed by atoms with van der Waals surface area (Å²) in [5, 5.41) is 4.04. The molecule has 0 saturated carbocycles. The lowest BCUT2D eigenvalue weighted by Crippen LogP contribution is -2.29. The summed E-state index contributed by atoms with van der Waals surface area (Å²) in [4.78, 5) is 5.45. The van der Waals surface area contributed by atoms with Crippen molar-refractivity contribution in [1.82, 2.24) is 10.1 Å². The molecule has 102 valence electrons. The monoisotopic (exact) mass is 276 g/mol. The van der Waals surface area contributed by atoms with Crippen LogP contribution in [0.2, 0.25) is 0 Å². The van der Waals surface area contributed by atoms with E-state index in [2.05, 4.69) is 36.0 Å². The van der Waals surface area contributed by atoms with Gasteiger partial charge in [0.1, 0.15) is 6.26 Å². The van der Waals surface area contributed by atoms with Crippen LogP contribution in [0.4, 0.5) is 0 Å². The molecule has 2 aromatic heterocycles. The Morgan fingerprint density at radius 3 is 3.05 bits per heavy atom.